The van der Waals surface area contributed by atoms with Crippen LogP contribution in [0.15, 0.2) is 61.2 Å². The molecule has 0 aliphatic heterocycles. The molecule has 0 saturated heterocycles. The fourth-order valence-electron chi connectivity index (χ4n) is 2.74. The van der Waals surface area contributed by atoms with Gasteiger partial charge in [0.05, 0.1) is 0 Å². The van der Waals surface area contributed by atoms with Crippen LogP contribution in [0.1, 0.15) is 17.4 Å². The van der Waals surface area contributed by atoms with E-state index in [4.69, 9.17) is 4.74 Å². The lowest BCUT2D eigenvalue weighted by atomic mass is 10.1. The molecule has 0 spiro atoms. The maximum absolute atomic E-state index is 12.4. The number of nitrogens with zero attached hydrogens (tertiary/aromatic N) is 5. The lowest BCUT2D eigenvalue weighted by molar-refractivity contribution is -0.147. The summed E-state index contributed by atoms with van der Waals surface area (Å²) in [7, 11) is 3.52. The summed E-state index contributed by atoms with van der Waals surface area (Å²) in [5, 5.41) is 2.88. The first-order valence-corrected chi connectivity index (χ1v) is 9.00. The summed E-state index contributed by atoms with van der Waals surface area (Å²) in [6, 6.07) is 10.7. The second-order valence-corrected chi connectivity index (χ2v) is 6.37. The molecule has 29 heavy (non-hydrogen) atoms. The summed E-state index contributed by atoms with van der Waals surface area (Å²) in [6.45, 7) is -0.463. The van der Waals surface area contributed by atoms with E-state index in [1.54, 1.807) is 42.8 Å². The lowest BCUT2D eigenvalue weighted by Crippen LogP contribution is -2.36. The molecule has 9 nitrogen and oxygen atoms in total. The van der Waals surface area contributed by atoms with Crippen molar-refractivity contribution in [2.75, 3.05) is 25.1 Å². The Kier molecular flexibility index (Phi) is 6.51. The van der Waals surface area contributed by atoms with Gasteiger partial charge < -0.3 is 19.5 Å². The number of aryl methyl sites for hydroxylation is 1. The molecule has 2 aromatic heterocycles. The van der Waals surface area contributed by atoms with E-state index in [9.17, 15) is 9.59 Å². The third kappa shape index (κ3) is 5.38. The number of imidazole rings is 1. The number of rotatable bonds is 8. The van der Waals surface area contributed by atoms with Gasteiger partial charge in [0.2, 0.25) is 5.95 Å². The second kappa shape index (κ2) is 9.45. The predicted molar refractivity (Wildman–Crippen MR) is 106 cm³/mol. The normalized spacial score (nSPS) is 11.5. The number of hydrogen-bond donors (Lipinski definition) is 1. The quantitative estimate of drug-likeness (QED) is 0.571. The first-order valence-electron chi connectivity index (χ1n) is 9.00. The van der Waals surface area contributed by atoms with E-state index in [0.29, 0.717) is 11.8 Å². The molecule has 0 radical (unpaired) electrons. The standard InChI is InChI=1S/C20H22N6O3/c1-25-12-11-21-19(25)18(15-7-4-3-5-8-15)24-16(27)14-29-17(28)13-26(2)20-22-9-6-10-23-20/h3-12,18H,13-14H2,1-2H3,(H,24,27)/t18-/m0/s1. The Morgan fingerprint density at radius 2 is 1.83 bits per heavy atom. The largest absolute Gasteiger partial charge is 0.454 e. The molecule has 2 heterocycles. The van der Waals surface area contributed by atoms with Crippen LogP contribution in [0.5, 0.6) is 0 Å². The first-order chi connectivity index (χ1) is 14.0. The molecule has 1 aromatic carbocycles. The van der Waals surface area contributed by atoms with E-state index in [2.05, 4.69) is 20.3 Å². The highest BCUT2D eigenvalue weighted by molar-refractivity contribution is 5.82. The molecule has 3 rings (SSSR count). The zero-order valence-electron chi connectivity index (χ0n) is 16.2. The van der Waals surface area contributed by atoms with Gasteiger partial charge in [0.15, 0.2) is 6.61 Å². The molecule has 1 N–H and O–H groups in total. The van der Waals surface area contributed by atoms with Crippen molar-refractivity contribution in [2.24, 2.45) is 7.05 Å². The molecule has 0 saturated carbocycles. The minimum Gasteiger partial charge on any atom is -0.454 e. The number of amides is 1. The molecule has 9 heteroatoms. The third-order valence-electron chi connectivity index (χ3n) is 4.18. The molecule has 0 aliphatic carbocycles. The van der Waals surface area contributed by atoms with E-state index in [-0.39, 0.29) is 6.54 Å². The molecule has 1 atom stereocenters. The highest BCUT2D eigenvalue weighted by Gasteiger charge is 2.21. The first kappa shape index (κ1) is 20.0. The zero-order valence-corrected chi connectivity index (χ0v) is 16.2. The number of likely N-dealkylation sites (N-methyl/N-ethyl adjacent to an activating group) is 1. The Labute approximate surface area is 168 Å². The van der Waals surface area contributed by atoms with E-state index >= 15 is 0 Å². The van der Waals surface area contributed by atoms with Gasteiger partial charge in [-0.25, -0.2) is 15.0 Å². The number of nitrogens with one attached hydrogen (secondary N) is 1. The lowest BCUT2D eigenvalue weighted by Gasteiger charge is -2.19. The van der Waals surface area contributed by atoms with Crippen LogP contribution in [0, 0.1) is 0 Å². The highest BCUT2D eigenvalue weighted by Crippen LogP contribution is 2.20. The van der Waals surface area contributed by atoms with Crippen molar-refractivity contribution in [1.82, 2.24) is 24.8 Å². The maximum atomic E-state index is 12.4. The van der Waals surface area contributed by atoms with Gasteiger partial charge >= 0.3 is 5.97 Å². The third-order valence-corrected chi connectivity index (χ3v) is 4.18. The van der Waals surface area contributed by atoms with Gasteiger partial charge in [-0.1, -0.05) is 30.3 Å². The van der Waals surface area contributed by atoms with Crippen LogP contribution in [-0.2, 0) is 21.4 Å². The minimum atomic E-state index is -0.552. The van der Waals surface area contributed by atoms with Gasteiger partial charge in [-0.2, -0.15) is 0 Å². The van der Waals surface area contributed by atoms with Gasteiger partial charge in [-0.05, 0) is 11.6 Å². The minimum absolute atomic E-state index is 0.0707. The Balaban J connectivity index is 1.58. The molecular formula is C20H22N6O3. The number of benzene rings is 1. The monoisotopic (exact) mass is 394 g/mol. The van der Waals surface area contributed by atoms with Crippen molar-refractivity contribution in [1.29, 1.82) is 0 Å². The van der Waals surface area contributed by atoms with Gasteiger partial charge in [-0.15, -0.1) is 0 Å². The summed E-state index contributed by atoms with van der Waals surface area (Å²) >= 11 is 0. The summed E-state index contributed by atoms with van der Waals surface area (Å²) in [4.78, 5) is 38.5. The molecule has 0 aliphatic rings. The predicted octanol–water partition coefficient (Wildman–Crippen LogP) is 1.10. The molecule has 3 aromatic rings. The smallest absolute Gasteiger partial charge is 0.326 e. The van der Waals surface area contributed by atoms with Crippen molar-refractivity contribution in [3.63, 3.8) is 0 Å². The van der Waals surface area contributed by atoms with Crippen molar-refractivity contribution in [3.05, 3.63) is 72.6 Å². The fraction of sp³-hybridized carbons (Fsp3) is 0.250. The second-order valence-electron chi connectivity index (χ2n) is 6.37. The summed E-state index contributed by atoms with van der Waals surface area (Å²) < 4.78 is 6.94. The summed E-state index contributed by atoms with van der Waals surface area (Å²) in [6.07, 6.45) is 6.63. The van der Waals surface area contributed by atoms with Crippen molar-refractivity contribution >= 4 is 17.8 Å². The van der Waals surface area contributed by atoms with Gasteiger partial charge in [0, 0.05) is 38.9 Å². The van der Waals surface area contributed by atoms with Crippen LogP contribution in [0.25, 0.3) is 0 Å². The van der Waals surface area contributed by atoms with Gasteiger partial charge in [-0.3, -0.25) is 9.59 Å². The Hall–Kier alpha value is -3.75. The van der Waals surface area contributed by atoms with Crippen molar-refractivity contribution in [3.8, 4) is 0 Å². The topological polar surface area (TPSA) is 102 Å². The summed E-state index contributed by atoms with van der Waals surface area (Å²) in [5.74, 6) is 0.0989. The average Bonchev–Trinajstić information content (AvgIpc) is 3.17. The maximum Gasteiger partial charge on any atom is 0.326 e. The van der Waals surface area contributed by atoms with E-state index in [0.717, 1.165) is 5.56 Å². The Bertz CT molecular complexity index is 945. The molecule has 0 bridgehead atoms. The average molecular weight is 394 g/mol. The van der Waals surface area contributed by atoms with Crippen molar-refractivity contribution in [2.45, 2.75) is 6.04 Å². The van der Waals surface area contributed by atoms with Crippen LogP contribution >= 0.6 is 0 Å². The molecule has 1 amide bonds. The van der Waals surface area contributed by atoms with E-state index in [1.807, 2.05) is 41.9 Å². The highest BCUT2D eigenvalue weighted by atomic mass is 16.5. The van der Waals surface area contributed by atoms with Crippen LogP contribution in [0.4, 0.5) is 5.95 Å². The van der Waals surface area contributed by atoms with Gasteiger partial charge in [0.25, 0.3) is 5.91 Å². The number of aromatic nitrogens is 4. The number of carbonyl (C=O) groups excluding carboxylic acids is 2. The molecular weight excluding hydrogens is 372 g/mol. The Morgan fingerprint density at radius 3 is 2.48 bits per heavy atom. The number of carbonyl (C=O) groups is 2. The van der Waals surface area contributed by atoms with Crippen LogP contribution in [-0.4, -0.2) is 51.6 Å². The molecule has 0 fully saturated rings. The number of anilines is 1. The zero-order chi connectivity index (χ0) is 20.6. The van der Waals surface area contributed by atoms with Crippen LogP contribution in [0.3, 0.4) is 0 Å². The number of hydrogen-bond acceptors (Lipinski definition) is 7. The van der Waals surface area contributed by atoms with Crippen LogP contribution in [0.2, 0.25) is 0 Å². The molecule has 150 valence electrons. The van der Waals surface area contributed by atoms with E-state index in [1.165, 1.54) is 0 Å². The van der Waals surface area contributed by atoms with Gasteiger partial charge in [0.1, 0.15) is 18.4 Å². The SMILES string of the molecule is CN(CC(=O)OCC(=O)N[C@@H](c1ccccc1)c1nccn1C)c1ncccn1. The summed E-state index contributed by atoms with van der Waals surface area (Å²) in [5.41, 5.74) is 0.877. The van der Waals surface area contributed by atoms with Crippen molar-refractivity contribution < 1.29 is 14.3 Å². The fourth-order valence-corrected chi connectivity index (χ4v) is 2.74. The number of ether oxygens (including phenoxy) is 1. The molecule has 0 unspecified atom stereocenters. The number of esters is 1. The van der Waals surface area contributed by atoms with E-state index < -0.39 is 24.5 Å². The van der Waals surface area contributed by atoms with Crippen LogP contribution < -0.4 is 10.2 Å². The Morgan fingerprint density at radius 1 is 1.10 bits per heavy atom.